The number of rotatable bonds is 3. The molecule has 0 spiro atoms. The van der Waals surface area contributed by atoms with Gasteiger partial charge in [-0.3, -0.25) is 0 Å². The predicted molar refractivity (Wildman–Crippen MR) is 82.3 cm³/mol. The van der Waals surface area contributed by atoms with Crippen LogP contribution in [0.5, 0.6) is 5.75 Å². The molecule has 3 rings (SSSR count). The third-order valence-electron chi connectivity index (χ3n) is 3.12. The van der Waals surface area contributed by atoms with Gasteiger partial charge in [-0.1, -0.05) is 41.9 Å². The number of hydrogen-bond donors (Lipinski definition) is 0. The summed E-state index contributed by atoms with van der Waals surface area (Å²) in [5, 5.41) is 1.76. The van der Waals surface area contributed by atoms with E-state index in [1.54, 1.807) is 0 Å². The van der Waals surface area contributed by atoms with Gasteiger partial charge in [-0.25, -0.2) is 4.98 Å². The van der Waals surface area contributed by atoms with Crippen molar-refractivity contribution in [2.45, 2.75) is 13.5 Å². The predicted octanol–water partition coefficient (Wildman–Crippen LogP) is 4.78. The lowest BCUT2D eigenvalue weighted by molar-refractivity contribution is 0.302. The molecule has 0 fully saturated rings. The highest BCUT2D eigenvalue weighted by Gasteiger charge is 2.03. The molecule has 0 aliphatic carbocycles. The monoisotopic (exact) mass is 283 g/mol. The van der Waals surface area contributed by atoms with E-state index in [0.29, 0.717) is 17.4 Å². The largest absolute Gasteiger partial charge is 0.486 e. The summed E-state index contributed by atoms with van der Waals surface area (Å²) in [4.78, 5) is 4.57. The summed E-state index contributed by atoms with van der Waals surface area (Å²) in [5.74, 6) is 0.687. The molecule has 0 atom stereocenters. The Balaban J connectivity index is 1.79. The summed E-state index contributed by atoms with van der Waals surface area (Å²) in [6, 6.07) is 17.8. The van der Waals surface area contributed by atoms with Crippen LogP contribution in [0.2, 0.25) is 5.02 Å². The zero-order valence-electron chi connectivity index (χ0n) is 11.1. The van der Waals surface area contributed by atoms with E-state index < -0.39 is 0 Å². The second-order valence-corrected chi connectivity index (χ2v) is 5.13. The molecular formula is C17H14ClNO. The number of benzene rings is 2. The number of fused-ring (bicyclic) bond motifs is 1. The minimum atomic E-state index is 0.410. The van der Waals surface area contributed by atoms with Gasteiger partial charge < -0.3 is 4.74 Å². The number of halogens is 1. The van der Waals surface area contributed by atoms with Crippen LogP contribution in [0.4, 0.5) is 0 Å². The first-order chi connectivity index (χ1) is 9.72. The van der Waals surface area contributed by atoms with Crippen molar-refractivity contribution in [2.24, 2.45) is 0 Å². The van der Waals surface area contributed by atoms with Crippen LogP contribution in [0.15, 0.2) is 54.6 Å². The molecule has 2 nitrogen and oxygen atoms in total. The van der Waals surface area contributed by atoms with E-state index in [2.05, 4.69) is 11.1 Å². The van der Waals surface area contributed by atoms with Crippen LogP contribution in [0.3, 0.4) is 0 Å². The molecule has 0 unspecified atom stereocenters. The fraction of sp³-hybridized carbons (Fsp3) is 0.118. The second kappa shape index (κ2) is 5.51. The Hall–Kier alpha value is -2.06. The smallest absolute Gasteiger partial charge is 0.138 e. The standard InChI is InChI=1S/C17H14ClNO/c1-12-6-9-17(15(18)10-12)20-11-14-8-7-13-4-2-3-5-16(13)19-14/h2-10H,11H2,1H3. The Labute approximate surface area is 123 Å². The van der Waals surface area contributed by atoms with E-state index >= 15 is 0 Å². The molecule has 3 aromatic rings. The normalized spacial score (nSPS) is 10.7. The number of nitrogens with zero attached hydrogens (tertiary/aromatic N) is 1. The first-order valence-electron chi connectivity index (χ1n) is 6.46. The zero-order valence-corrected chi connectivity index (χ0v) is 11.9. The highest BCUT2D eigenvalue weighted by Crippen LogP contribution is 2.26. The lowest BCUT2D eigenvalue weighted by atomic mass is 10.2. The summed E-state index contributed by atoms with van der Waals surface area (Å²) in [7, 11) is 0. The third-order valence-corrected chi connectivity index (χ3v) is 3.41. The van der Waals surface area contributed by atoms with Crippen molar-refractivity contribution in [3.05, 3.63) is 70.9 Å². The highest BCUT2D eigenvalue weighted by atomic mass is 35.5. The molecule has 2 aromatic carbocycles. The zero-order chi connectivity index (χ0) is 13.9. The summed E-state index contributed by atoms with van der Waals surface area (Å²) < 4.78 is 5.73. The Morgan fingerprint density at radius 1 is 1.05 bits per heavy atom. The fourth-order valence-electron chi connectivity index (χ4n) is 2.06. The maximum atomic E-state index is 6.15. The van der Waals surface area contributed by atoms with E-state index in [4.69, 9.17) is 16.3 Å². The number of para-hydroxylation sites is 1. The molecule has 0 radical (unpaired) electrons. The average Bonchev–Trinajstić information content (AvgIpc) is 2.46. The van der Waals surface area contributed by atoms with Crippen molar-refractivity contribution in [2.75, 3.05) is 0 Å². The Bertz CT molecular complexity index is 755. The van der Waals surface area contributed by atoms with Crippen molar-refractivity contribution in [1.29, 1.82) is 0 Å². The number of aryl methyl sites for hydroxylation is 1. The van der Waals surface area contributed by atoms with Gasteiger partial charge in [0.15, 0.2) is 0 Å². The van der Waals surface area contributed by atoms with Crippen molar-refractivity contribution in [1.82, 2.24) is 4.98 Å². The first kappa shape index (κ1) is 12.9. The maximum Gasteiger partial charge on any atom is 0.138 e. The molecule has 1 heterocycles. The quantitative estimate of drug-likeness (QED) is 0.690. The van der Waals surface area contributed by atoms with Gasteiger partial charge in [0.2, 0.25) is 0 Å². The molecule has 0 aliphatic heterocycles. The molecule has 100 valence electrons. The van der Waals surface area contributed by atoms with E-state index in [9.17, 15) is 0 Å². The van der Waals surface area contributed by atoms with Crippen LogP contribution in [-0.2, 0) is 6.61 Å². The van der Waals surface area contributed by atoms with Crippen molar-refractivity contribution >= 4 is 22.5 Å². The molecule has 0 amide bonds. The Kier molecular flexibility index (Phi) is 3.57. The van der Waals surface area contributed by atoms with Gasteiger partial charge in [-0.05, 0) is 36.8 Å². The summed E-state index contributed by atoms with van der Waals surface area (Å²) >= 11 is 6.15. The van der Waals surface area contributed by atoms with E-state index in [-0.39, 0.29) is 0 Å². The molecule has 1 aromatic heterocycles. The minimum Gasteiger partial charge on any atom is -0.486 e. The summed E-state index contributed by atoms with van der Waals surface area (Å²) in [6.07, 6.45) is 0. The van der Waals surface area contributed by atoms with E-state index in [1.165, 1.54) is 0 Å². The van der Waals surface area contributed by atoms with Crippen LogP contribution < -0.4 is 4.74 Å². The van der Waals surface area contributed by atoms with E-state index in [1.807, 2.05) is 55.5 Å². The lowest BCUT2D eigenvalue weighted by Crippen LogP contribution is -1.99. The van der Waals surface area contributed by atoms with Gasteiger partial charge in [0, 0.05) is 5.39 Å². The number of hydrogen-bond acceptors (Lipinski definition) is 2. The fourth-order valence-corrected chi connectivity index (χ4v) is 2.35. The lowest BCUT2D eigenvalue weighted by Gasteiger charge is -2.08. The van der Waals surface area contributed by atoms with Crippen LogP contribution in [0.1, 0.15) is 11.3 Å². The van der Waals surface area contributed by atoms with Gasteiger partial charge in [-0.2, -0.15) is 0 Å². The summed E-state index contributed by atoms with van der Waals surface area (Å²) in [5.41, 5.74) is 2.98. The van der Waals surface area contributed by atoms with Crippen molar-refractivity contribution < 1.29 is 4.74 Å². The maximum absolute atomic E-state index is 6.15. The minimum absolute atomic E-state index is 0.410. The van der Waals surface area contributed by atoms with Crippen LogP contribution in [0.25, 0.3) is 10.9 Å². The van der Waals surface area contributed by atoms with Gasteiger partial charge in [0.1, 0.15) is 12.4 Å². The van der Waals surface area contributed by atoms with Gasteiger partial charge >= 0.3 is 0 Å². The van der Waals surface area contributed by atoms with E-state index in [0.717, 1.165) is 22.2 Å². The van der Waals surface area contributed by atoms with Crippen molar-refractivity contribution in [3.8, 4) is 5.75 Å². The Morgan fingerprint density at radius 3 is 2.75 bits per heavy atom. The van der Waals surface area contributed by atoms with Crippen molar-refractivity contribution in [3.63, 3.8) is 0 Å². The highest BCUT2D eigenvalue weighted by molar-refractivity contribution is 6.32. The number of pyridine rings is 1. The molecule has 0 saturated heterocycles. The first-order valence-corrected chi connectivity index (χ1v) is 6.84. The average molecular weight is 284 g/mol. The second-order valence-electron chi connectivity index (χ2n) is 4.72. The van der Waals surface area contributed by atoms with Crippen LogP contribution in [-0.4, -0.2) is 4.98 Å². The molecule has 0 N–H and O–H groups in total. The molecule has 3 heteroatoms. The third kappa shape index (κ3) is 2.75. The topological polar surface area (TPSA) is 22.1 Å². The van der Waals surface area contributed by atoms with Gasteiger partial charge in [0.05, 0.1) is 16.2 Å². The Morgan fingerprint density at radius 2 is 1.90 bits per heavy atom. The SMILES string of the molecule is Cc1ccc(OCc2ccc3ccccc3n2)c(Cl)c1. The van der Waals surface area contributed by atoms with Gasteiger partial charge in [0.25, 0.3) is 0 Å². The molecule has 0 aliphatic rings. The number of aromatic nitrogens is 1. The van der Waals surface area contributed by atoms with Gasteiger partial charge in [-0.15, -0.1) is 0 Å². The van der Waals surface area contributed by atoms with Crippen LogP contribution >= 0.6 is 11.6 Å². The number of ether oxygens (including phenoxy) is 1. The van der Waals surface area contributed by atoms with Crippen LogP contribution in [0, 0.1) is 6.92 Å². The molecule has 0 saturated carbocycles. The molecular weight excluding hydrogens is 270 g/mol. The molecule has 0 bridgehead atoms. The summed E-state index contributed by atoms with van der Waals surface area (Å²) in [6.45, 7) is 2.41. The molecule has 20 heavy (non-hydrogen) atoms.